The molecular weight excluding hydrogens is 264 g/mol. The Kier molecular flexibility index (Phi) is 4.56. The van der Waals surface area contributed by atoms with Crippen molar-refractivity contribution in [3.8, 4) is 0 Å². The number of benzene rings is 1. The Morgan fingerprint density at radius 1 is 1.29 bits per heavy atom. The van der Waals surface area contributed by atoms with Crippen molar-refractivity contribution >= 4 is 5.91 Å². The first-order valence-electron chi connectivity index (χ1n) is 7.92. The number of morpholine rings is 1. The van der Waals surface area contributed by atoms with Gasteiger partial charge in [0.25, 0.3) is 0 Å². The van der Waals surface area contributed by atoms with Crippen LogP contribution in [-0.2, 0) is 9.53 Å². The molecule has 2 heterocycles. The van der Waals surface area contributed by atoms with E-state index < -0.39 is 0 Å². The minimum absolute atomic E-state index is 0.159. The Bertz CT molecular complexity index is 477. The van der Waals surface area contributed by atoms with Gasteiger partial charge >= 0.3 is 0 Å². The number of rotatable bonds is 3. The fourth-order valence-electron chi connectivity index (χ4n) is 3.39. The number of carbonyl (C=O) groups is 1. The molecule has 0 unspecified atom stereocenters. The second-order valence-electron chi connectivity index (χ2n) is 6.06. The van der Waals surface area contributed by atoms with E-state index in [0.717, 1.165) is 26.1 Å². The van der Waals surface area contributed by atoms with Crippen LogP contribution < -0.4 is 0 Å². The van der Waals surface area contributed by atoms with Crippen LogP contribution in [0.3, 0.4) is 0 Å². The van der Waals surface area contributed by atoms with Crippen molar-refractivity contribution in [1.29, 1.82) is 0 Å². The summed E-state index contributed by atoms with van der Waals surface area (Å²) in [5, 5.41) is 0. The molecule has 1 amide bonds. The molecule has 1 aromatic carbocycles. The molecular formula is C17H24N2O2. The highest BCUT2D eigenvalue weighted by Crippen LogP contribution is 2.31. The highest BCUT2D eigenvalue weighted by atomic mass is 16.5. The molecule has 1 aromatic rings. The lowest BCUT2D eigenvalue weighted by atomic mass is 10.0. The smallest absolute Gasteiger partial charge is 0.236 e. The quantitative estimate of drug-likeness (QED) is 0.853. The maximum Gasteiger partial charge on any atom is 0.236 e. The molecule has 4 heteroatoms. The molecule has 0 saturated carbocycles. The standard InChI is InChI=1S/C17H24N2O2/c1-14-12-19(10-11-21-14)17(20)13-18-9-5-8-16(18)15-6-3-2-4-7-15/h2-4,6-7,14,16H,5,8-13H2,1H3/t14-,16-/m0/s1. The molecule has 21 heavy (non-hydrogen) atoms. The highest BCUT2D eigenvalue weighted by molar-refractivity contribution is 5.78. The van der Waals surface area contributed by atoms with Crippen LogP contribution in [0, 0.1) is 0 Å². The second-order valence-corrected chi connectivity index (χ2v) is 6.06. The summed E-state index contributed by atoms with van der Waals surface area (Å²) in [7, 11) is 0. The summed E-state index contributed by atoms with van der Waals surface area (Å²) in [5.41, 5.74) is 1.33. The van der Waals surface area contributed by atoms with Gasteiger partial charge in [-0.2, -0.15) is 0 Å². The Balaban J connectivity index is 1.62. The van der Waals surface area contributed by atoms with Crippen molar-refractivity contribution < 1.29 is 9.53 Å². The Labute approximate surface area is 126 Å². The van der Waals surface area contributed by atoms with Crippen LogP contribution in [0.5, 0.6) is 0 Å². The van der Waals surface area contributed by atoms with Crippen LogP contribution in [0.4, 0.5) is 0 Å². The summed E-state index contributed by atoms with van der Waals surface area (Å²) in [6.07, 6.45) is 2.48. The van der Waals surface area contributed by atoms with Gasteiger partial charge in [0, 0.05) is 19.1 Å². The number of ether oxygens (including phenoxy) is 1. The molecule has 2 fully saturated rings. The van der Waals surface area contributed by atoms with E-state index in [2.05, 4.69) is 29.2 Å². The van der Waals surface area contributed by atoms with Gasteiger partial charge in [-0.05, 0) is 31.9 Å². The summed E-state index contributed by atoms with van der Waals surface area (Å²) in [5.74, 6) is 0.244. The average Bonchev–Trinajstić information content (AvgIpc) is 2.96. The molecule has 114 valence electrons. The molecule has 2 aliphatic rings. The third kappa shape index (κ3) is 3.44. The van der Waals surface area contributed by atoms with Crippen LogP contribution >= 0.6 is 0 Å². The highest BCUT2D eigenvalue weighted by Gasteiger charge is 2.30. The van der Waals surface area contributed by atoms with Gasteiger partial charge in [0.1, 0.15) is 0 Å². The van der Waals surface area contributed by atoms with Gasteiger partial charge in [-0.3, -0.25) is 9.69 Å². The van der Waals surface area contributed by atoms with Crippen LogP contribution in [0.1, 0.15) is 31.4 Å². The predicted octanol–water partition coefficient (Wildman–Crippen LogP) is 2.07. The van der Waals surface area contributed by atoms with Gasteiger partial charge in [-0.15, -0.1) is 0 Å². The lowest BCUT2D eigenvalue weighted by molar-refractivity contribution is -0.139. The molecule has 0 radical (unpaired) electrons. The summed E-state index contributed by atoms with van der Waals surface area (Å²) in [4.78, 5) is 16.8. The van der Waals surface area contributed by atoms with Crippen LogP contribution in [0.25, 0.3) is 0 Å². The van der Waals surface area contributed by atoms with E-state index in [9.17, 15) is 4.79 Å². The maximum atomic E-state index is 12.5. The normalized spacial score (nSPS) is 27.0. The topological polar surface area (TPSA) is 32.8 Å². The predicted molar refractivity (Wildman–Crippen MR) is 82.0 cm³/mol. The summed E-state index contributed by atoms with van der Waals surface area (Å²) < 4.78 is 5.51. The number of nitrogens with zero attached hydrogens (tertiary/aromatic N) is 2. The Morgan fingerprint density at radius 3 is 2.86 bits per heavy atom. The molecule has 2 saturated heterocycles. The second kappa shape index (κ2) is 6.58. The van der Waals surface area contributed by atoms with E-state index in [1.54, 1.807) is 0 Å². The van der Waals surface area contributed by atoms with Gasteiger partial charge < -0.3 is 9.64 Å². The zero-order chi connectivity index (χ0) is 14.7. The van der Waals surface area contributed by atoms with E-state index in [4.69, 9.17) is 4.74 Å². The van der Waals surface area contributed by atoms with Gasteiger partial charge in [0.05, 0.1) is 19.3 Å². The minimum atomic E-state index is 0.159. The number of hydrogen-bond donors (Lipinski definition) is 0. The maximum absolute atomic E-state index is 12.5. The van der Waals surface area contributed by atoms with E-state index in [-0.39, 0.29) is 12.0 Å². The zero-order valence-electron chi connectivity index (χ0n) is 12.7. The van der Waals surface area contributed by atoms with Gasteiger partial charge in [-0.25, -0.2) is 0 Å². The molecule has 2 atom stereocenters. The van der Waals surface area contributed by atoms with E-state index in [1.165, 1.54) is 12.0 Å². The van der Waals surface area contributed by atoms with Gasteiger partial charge in [0.15, 0.2) is 0 Å². The minimum Gasteiger partial charge on any atom is -0.375 e. The number of amides is 1. The first kappa shape index (κ1) is 14.5. The van der Waals surface area contributed by atoms with Crippen LogP contribution in [0.15, 0.2) is 30.3 Å². The van der Waals surface area contributed by atoms with Crippen LogP contribution in [-0.4, -0.2) is 54.6 Å². The number of likely N-dealkylation sites (tertiary alicyclic amines) is 1. The monoisotopic (exact) mass is 288 g/mol. The van der Waals surface area contributed by atoms with E-state index in [1.807, 2.05) is 17.9 Å². The Morgan fingerprint density at radius 2 is 2.10 bits per heavy atom. The molecule has 0 N–H and O–H groups in total. The van der Waals surface area contributed by atoms with Crippen LogP contribution in [0.2, 0.25) is 0 Å². The SMILES string of the molecule is C[C@H]1CN(C(=O)CN2CCC[C@H]2c2ccccc2)CCO1. The molecule has 0 spiro atoms. The summed E-state index contributed by atoms with van der Waals surface area (Å²) in [6, 6.07) is 10.9. The van der Waals surface area contributed by atoms with Crippen molar-refractivity contribution in [1.82, 2.24) is 9.80 Å². The van der Waals surface area contributed by atoms with Crippen molar-refractivity contribution in [3.05, 3.63) is 35.9 Å². The molecule has 0 aromatic heterocycles. The lowest BCUT2D eigenvalue weighted by Crippen LogP contribution is -2.48. The fourth-order valence-corrected chi connectivity index (χ4v) is 3.39. The van der Waals surface area contributed by atoms with Crippen molar-refractivity contribution in [2.24, 2.45) is 0 Å². The van der Waals surface area contributed by atoms with Gasteiger partial charge in [0.2, 0.25) is 5.91 Å². The first-order valence-corrected chi connectivity index (χ1v) is 7.92. The average molecular weight is 288 g/mol. The Hall–Kier alpha value is -1.39. The molecule has 0 bridgehead atoms. The molecule has 2 aliphatic heterocycles. The number of carbonyl (C=O) groups excluding carboxylic acids is 1. The van der Waals surface area contributed by atoms with Crippen molar-refractivity contribution in [3.63, 3.8) is 0 Å². The fraction of sp³-hybridized carbons (Fsp3) is 0.588. The lowest BCUT2D eigenvalue weighted by Gasteiger charge is -2.33. The molecule has 4 nitrogen and oxygen atoms in total. The molecule has 3 rings (SSSR count). The third-order valence-corrected chi connectivity index (χ3v) is 4.48. The third-order valence-electron chi connectivity index (χ3n) is 4.48. The van der Waals surface area contributed by atoms with Crippen molar-refractivity contribution in [2.45, 2.75) is 31.9 Å². The summed E-state index contributed by atoms with van der Waals surface area (Å²) in [6.45, 7) is 5.70. The van der Waals surface area contributed by atoms with Crippen molar-refractivity contribution in [2.75, 3.05) is 32.8 Å². The zero-order valence-corrected chi connectivity index (χ0v) is 12.7. The van der Waals surface area contributed by atoms with Gasteiger partial charge in [-0.1, -0.05) is 30.3 Å². The van der Waals surface area contributed by atoms with E-state index in [0.29, 0.717) is 19.2 Å². The molecule has 0 aliphatic carbocycles. The summed E-state index contributed by atoms with van der Waals surface area (Å²) >= 11 is 0. The largest absolute Gasteiger partial charge is 0.375 e. The van der Waals surface area contributed by atoms with E-state index >= 15 is 0 Å². The number of hydrogen-bond acceptors (Lipinski definition) is 3. The first-order chi connectivity index (χ1) is 10.2.